The van der Waals surface area contributed by atoms with E-state index in [0.717, 1.165) is 5.39 Å². The molecule has 0 unspecified atom stereocenters. The number of anilines is 2. The average Bonchev–Trinajstić information content (AvgIpc) is 2.69. The summed E-state index contributed by atoms with van der Waals surface area (Å²) < 4.78 is 1.65. The number of rotatable bonds is 3. The molecule has 0 aliphatic rings. The van der Waals surface area contributed by atoms with Crippen LogP contribution in [0.5, 0.6) is 0 Å². The summed E-state index contributed by atoms with van der Waals surface area (Å²) in [4.78, 5) is 10.4. The Kier molecular flexibility index (Phi) is 2.78. The number of hydrogen-bond donors (Lipinski definition) is 1. The van der Waals surface area contributed by atoms with Crippen molar-refractivity contribution in [1.82, 2.24) is 19.7 Å². The smallest absolute Gasteiger partial charge is 0.229 e. The summed E-state index contributed by atoms with van der Waals surface area (Å²) >= 11 is 0. The number of hydrogen-bond acceptors (Lipinski definition) is 6. The van der Waals surface area contributed by atoms with Crippen LogP contribution in [-0.2, 0) is 7.05 Å². The number of aryl methyl sites for hydroxylation is 1. The van der Waals surface area contributed by atoms with E-state index in [1.165, 1.54) is 0 Å². The first-order chi connectivity index (χ1) is 8.13. The number of nitrogens with two attached hydrogens (primary N) is 1. The van der Waals surface area contributed by atoms with E-state index < -0.39 is 0 Å². The molecule has 2 rings (SSSR count). The lowest BCUT2D eigenvalue weighted by Gasteiger charge is -2.15. The maximum absolute atomic E-state index is 8.54. The van der Waals surface area contributed by atoms with Gasteiger partial charge in [0.15, 0.2) is 5.65 Å². The van der Waals surface area contributed by atoms with Gasteiger partial charge < -0.3 is 10.6 Å². The van der Waals surface area contributed by atoms with E-state index in [1.54, 1.807) is 22.8 Å². The quantitative estimate of drug-likeness (QED) is 0.815. The fourth-order valence-electron chi connectivity index (χ4n) is 1.52. The molecule has 0 saturated carbocycles. The van der Waals surface area contributed by atoms with E-state index in [1.807, 2.05) is 7.05 Å². The van der Waals surface area contributed by atoms with Gasteiger partial charge in [-0.05, 0) is 0 Å². The molecule has 0 aliphatic heterocycles. The van der Waals surface area contributed by atoms with Crippen molar-refractivity contribution in [3.05, 3.63) is 6.20 Å². The minimum Gasteiger partial charge on any atom is -0.383 e. The number of nitriles is 1. The molecule has 0 amide bonds. The van der Waals surface area contributed by atoms with Gasteiger partial charge in [-0.3, -0.25) is 4.68 Å². The predicted octanol–water partition coefficient (Wildman–Crippen LogP) is 0.295. The number of aromatic nitrogens is 4. The first-order valence-electron chi connectivity index (χ1n) is 5.17. The van der Waals surface area contributed by atoms with Crippen molar-refractivity contribution in [1.29, 1.82) is 5.26 Å². The molecule has 2 N–H and O–H groups in total. The molecule has 0 aliphatic carbocycles. The minimum atomic E-state index is 0.405. The highest BCUT2D eigenvalue weighted by molar-refractivity contribution is 5.86. The van der Waals surface area contributed by atoms with Crippen LogP contribution in [0.15, 0.2) is 6.20 Å². The van der Waals surface area contributed by atoms with Crippen molar-refractivity contribution < 1.29 is 0 Å². The molecule has 0 fully saturated rings. The van der Waals surface area contributed by atoms with Gasteiger partial charge in [-0.1, -0.05) is 0 Å². The Balaban J connectivity index is 2.42. The van der Waals surface area contributed by atoms with Crippen molar-refractivity contribution in [3.63, 3.8) is 0 Å². The minimum absolute atomic E-state index is 0.405. The van der Waals surface area contributed by atoms with Gasteiger partial charge in [0.1, 0.15) is 5.82 Å². The lowest BCUT2D eigenvalue weighted by molar-refractivity contribution is 0.781. The highest BCUT2D eigenvalue weighted by Crippen LogP contribution is 2.19. The normalized spacial score (nSPS) is 10.4. The zero-order valence-electron chi connectivity index (χ0n) is 9.75. The van der Waals surface area contributed by atoms with E-state index in [9.17, 15) is 0 Å². The molecule has 17 heavy (non-hydrogen) atoms. The van der Waals surface area contributed by atoms with Gasteiger partial charge in [0.2, 0.25) is 5.95 Å². The Labute approximate surface area is 98.5 Å². The molecule has 0 bridgehead atoms. The lowest BCUT2D eigenvalue weighted by Crippen LogP contribution is -2.21. The largest absolute Gasteiger partial charge is 0.383 e. The van der Waals surface area contributed by atoms with E-state index in [0.29, 0.717) is 30.4 Å². The third kappa shape index (κ3) is 1.97. The van der Waals surface area contributed by atoms with Crippen molar-refractivity contribution in [3.8, 4) is 6.07 Å². The Morgan fingerprint density at radius 2 is 2.29 bits per heavy atom. The number of fused-ring (bicyclic) bond motifs is 1. The maximum atomic E-state index is 8.54. The van der Waals surface area contributed by atoms with Gasteiger partial charge in [0.25, 0.3) is 0 Å². The summed E-state index contributed by atoms with van der Waals surface area (Å²) in [5.74, 6) is 0.913. The van der Waals surface area contributed by atoms with Crippen LogP contribution in [0.3, 0.4) is 0 Å². The third-order valence-electron chi connectivity index (χ3n) is 2.51. The molecular formula is C10H13N7. The van der Waals surface area contributed by atoms with E-state index >= 15 is 0 Å². The van der Waals surface area contributed by atoms with Crippen molar-refractivity contribution in [2.75, 3.05) is 24.2 Å². The van der Waals surface area contributed by atoms with Crippen molar-refractivity contribution in [2.24, 2.45) is 7.05 Å². The summed E-state index contributed by atoms with van der Waals surface area (Å²) in [6.45, 7) is 0.569. The Hall–Kier alpha value is -2.36. The molecule has 0 spiro atoms. The fraction of sp³-hybridized carbons (Fsp3) is 0.400. The monoisotopic (exact) mass is 231 g/mol. The highest BCUT2D eigenvalue weighted by atomic mass is 15.3. The second-order valence-corrected chi connectivity index (χ2v) is 3.74. The molecule has 0 radical (unpaired) electrons. The molecule has 7 nitrogen and oxygen atoms in total. The van der Waals surface area contributed by atoms with Crippen molar-refractivity contribution in [2.45, 2.75) is 6.42 Å². The molecular weight excluding hydrogens is 218 g/mol. The fourth-order valence-corrected chi connectivity index (χ4v) is 1.52. The third-order valence-corrected chi connectivity index (χ3v) is 2.51. The average molecular weight is 231 g/mol. The van der Waals surface area contributed by atoms with E-state index in [4.69, 9.17) is 11.0 Å². The van der Waals surface area contributed by atoms with Crippen LogP contribution < -0.4 is 10.6 Å². The van der Waals surface area contributed by atoms with Crippen LogP contribution in [0.2, 0.25) is 0 Å². The van der Waals surface area contributed by atoms with Crippen LogP contribution in [0.4, 0.5) is 11.8 Å². The molecule has 2 aromatic rings. The Morgan fingerprint density at radius 1 is 1.53 bits per heavy atom. The SMILES string of the molecule is CN(CCC#N)c1nc(N)c2cnn(C)c2n1. The number of nitrogen functional groups attached to an aromatic ring is 1. The van der Waals surface area contributed by atoms with Gasteiger partial charge in [-0.2, -0.15) is 20.3 Å². The standard InChI is InChI=1S/C10H13N7/c1-16(5-3-4-11)10-14-8(12)7-6-13-17(2)9(7)15-10/h6H,3,5H2,1-2H3,(H2,12,14,15). The van der Waals surface area contributed by atoms with Gasteiger partial charge in [-0.15, -0.1) is 0 Å². The van der Waals surface area contributed by atoms with E-state index in [2.05, 4.69) is 21.1 Å². The van der Waals surface area contributed by atoms with Crippen LogP contribution in [-0.4, -0.2) is 33.3 Å². The van der Waals surface area contributed by atoms with Gasteiger partial charge in [-0.25, -0.2) is 0 Å². The first kappa shape index (κ1) is 11.1. The second-order valence-electron chi connectivity index (χ2n) is 3.74. The molecule has 0 saturated heterocycles. The molecule has 2 aromatic heterocycles. The summed E-state index contributed by atoms with van der Waals surface area (Å²) in [6, 6.07) is 2.08. The molecule has 0 aromatic carbocycles. The topological polar surface area (TPSA) is 96.6 Å². The summed E-state index contributed by atoms with van der Waals surface area (Å²) in [5.41, 5.74) is 6.53. The van der Waals surface area contributed by atoms with Gasteiger partial charge >= 0.3 is 0 Å². The summed E-state index contributed by atoms with van der Waals surface area (Å²) in [7, 11) is 3.63. The number of nitrogens with zero attached hydrogens (tertiary/aromatic N) is 6. The zero-order chi connectivity index (χ0) is 12.4. The first-order valence-corrected chi connectivity index (χ1v) is 5.17. The Bertz CT molecular complexity index is 580. The lowest BCUT2D eigenvalue weighted by atomic mass is 10.4. The zero-order valence-corrected chi connectivity index (χ0v) is 9.75. The predicted molar refractivity (Wildman–Crippen MR) is 64.2 cm³/mol. The maximum Gasteiger partial charge on any atom is 0.229 e. The van der Waals surface area contributed by atoms with E-state index in [-0.39, 0.29) is 0 Å². The second kappa shape index (κ2) is 4.25. The van der Waals surface area contributed by atoms with Crippen LogP contribution in [0.25, 0.3) is 11.0 Å². The molecule has 88 valence electrons. The van der Waals surface area contributed by atoms with Crippen LogP contribution in [0.1, 0.15) is 6.42 Å². The van der Waals surface area contributed by atoms with Crippen LogP contribution >= 0.6 is 0 Å². The molecule has 7 heteroatoms. The molecule has 0 atom stereocenters. The van der Waals surface area contributed by atoms with Crippen LogP contribution in [0, 0.1) is 11.3 Å². The molecule has 2 heterocycles. The highest BCUT2D eigenvalue weighted by Gasteiger charge is 2.11. The van der Waals surface area contributed by atoms with Gasteiger partial charge in [0.05, 0.1) is 24.1 Å². The van der Waals surface area contributed by atoms with Gasteiger partial charge in [0, 0.05) is 20.6 Å². The summed E-state index contributed by atoms with van der Waals surface area (Å²) in [5, 5.41) is 13.4. The van der Waals surface area contributed by atoms with Crippen molar-refractivity contribution >= 4 is 22.8 Å². The Morgan fingerprint density at radius 3 is 3.00 bits per heavy atom. The summed E-state index contributed by atoms with van der Waals surface area (Å²) in [6.07, 6.45) is 2.06.